The van der Waals surface area contributed by atoms with Crippen molar-refractivity contribution in [3.63, 3.8) is 0 Å². The van der Waals surface area contributed by atoms with Crippen molar-refractivity contribution in [3.8, 4) is 5.75 Å². The molecule has 1 amide bonds. The third kappa shape index (κ3) is 3.69. The number of benzene rings is 1. The van der Waals surface area contributed by atoms with Crippen LogP contribution in [0.5, 0.6) is 5.75 Å². The summed E-state index contributed by atoms with van der Waals surface area (Å²) in [5, 5.41) is 6.61. The van der Waals surface area contributed by atoms with Crippen molar-refractivity contribution in [2.45, 2.75) is 26.9 Å². The van der Waals surface area contributed by atoms with Gasteiger partial charge in [-0.2, -0.15) is 18.3 Å². The van der Waals surface area contributed by atoms with E-state index in [1.165, 1.54) is 19.1 Å². The van der Waals surface area contributed by atoms with E-state index in [4.69, 9.17) is 4.74 Å². The fourth-order valence-corrected chi connectivity index (χ4v) is 2.37. The van der Waals surface area contributed by atoms with Gasteiger partial charge in [-0.05, 0) is 38.5 Å². The summed E-state index contributed by atoms with van der Waals surface area (Å²) < 4.78 is 45.7. The topological polar surface area (TPSA) is 56.2 Å². The first-order valence-corrected chi connectivity index (χ1v) is 7.21. The van der Waals surface area contributed by atoms with Gasteiger partial charge in [0, 0.05) is 12.7 Å². The first-order chi connectivity index (χ1) is 11.1. The van der Waals surface area contributed by atoms with Gasteiger partial charge in [-0.1, -0.05) is 6.07 Å². The monoisotopic (exact) mass is 341 g/mol. The lowest BCUT2D eigenvalue weighted by atomic mass is 10.1. The molecule has 0 unspecified atom stereocenters. The fourth-order valence-electron chi connectivity index (χ4n) is 2.37. The molecular formula is C16H18F3N3O2. The van der Waals surface area contributed by atoms with Gasteiger partial charge in [0.25, 0.3) is 5.91 Å². The highest BCUT2D eigenvalue weighted by molar-refractivity contribution is 5.92. The molecule has 2 rings (SSSR count). The second-order valence-corrected chi connectivity index (χ2v) is 5.44. The van der Waals surface area contributed by atoms with Crippen molar-refractivity contribution in [2.75, 3.05) is 11.9 Å². The van der Waals surface area contributed by atoms with E-state index in [2.05, 4.69) is 10.4 Å². The SMILES string of the molecule is Cc1nn(C)c(C)c1OCC(=O)Nc1cccc(C(F)(F)F)c1C. The minimum atomic E-state index is -4.47. The molecule has 5 nitrogen and oxygen atoms in total. The van der Waals surface area contributed by atoms with Gasteiger partial charge in [0.15, 0.2) is 12.4 Å². The summed E-state index contributed by atoms with van der Waals surface area (Å²) in [6.07, 6.45) is -4.47. The molecular weight excluding hydrogens is 323 g/mol. The van der Waals surface area contributed by atoms with Crippen LogP contribution in [0, 0.1) is 20.8 Å². The normalized spacial score (nSPS) is 11.5. The lowest BCUT2D eigenvalue weighted by molar-refractivity contribution is -0.138. The number of carbonyl (C=O) groups is 1. The summed E-state index contributed by atoms with van der Waals surface area (Å²) in [6, 6.07) is 3.65. The van der Waals surface area contributed by atoms with E-state index >= 15 is 0 Å². The number of aryl methyl sites for hydroxylation is 2. The predicted octanol–water partition coefficient (Wildman–Crippen LogP) is 3.38. The Bertz CT molecular complexity index is 767. The van der Waals surface area contributed by atoms with Crippen molar-refractivity contribution in [1.29, 1.82) is 0 Å². The van der Waals surface area contributed by atoms with Crippen molar-refractivity contribution in [1.82, 2.24) is 9.78 Å². The smallest absolute Gasteiger partial charge is 0.416 e. The molecule has 8 heteroatoms. The highest BCUT2D eigenvalue weighted by Crippen LogP contribution is 2.34. The molecule has 0 aliphatic carbocycles. The van der Waals surface area contributed by atoms with E-state index in [1.807, 2.05) is 0 Å². The van der Waals surface area contributed by atoms with Gasteiger partial charge in [0.1, 0.15) is 5.69 Å². The Kier molecular flexibility index (Phi) is 4.86. The highest BCUT2D eigenvalue weighted by Gasteiger charge is 2.33. The molecule has 130 valence electrons. The zero-order valence-electron chi connectivity index (χ0n) is 13.8. The van der Waals surface area contributed by atoms with Crippen LogP contribution in [-0.4, -0.2) is 22.3 Å². The molecule has 0 aliphatic heterocycles. The molecule has 24 heavy (non-hydrogen) atoms. The van der Waals surface area contributed by atoms with Crippen LogP contribution < -0.4 is 10.1 Å². The number of rotatable bonds is 4. The van der Waals surface area contributed by atoms with Crippen molar-refractivity contribution < 1.29 is 22.7 Å². The van der Waals surface area contributed by atoms with Crippen LogP contribution in [0.15, 0.2) is 18.2 Å². The number of amides is 1. The zero-order chi connectivity index (χ0) is 18.1. The number of halogens is 3. The lowest BCUT2D eigenvalue weighted by Gasteiger charge is -2.14. The van der Waals surface area contributed by atoms with E-state index in [1.54, 1.807) is 25.6 Å². The molecule has 2 aromatic rings. The molecule has 1 heterocycles. The minimum absolute atomic E-state index is 0.0351. The maximum atomic E-state index is 12.9. The predicted molar refractivity (Wildman–Crippen MR) is 83.0 cm³/mol. The Morgan fingerprint density at radius 1 is 1.29 bits per heavy atom. The van der Waals surface area contributed by atoms with Gasteiger partial charge >= 0.3 is 6.18 Å². The molecule has 0 atom stereocenters. The fraction of sp³-hybridized carbons (Fsp3) is 0.375. The zero-order valence-corrected chi connectivity index (χ0v) is 13.8. The number of alkyl halides is 3. The van der Waals surface area contributed by atoms with Gasteiger partial charge in [-0.3, -0.25) is 9.48 Å². The molecule has 1 aromatic carbocycles. The van der Waals surface area contributed by atoms with E-state index in [-0.39, 0.29) is 17.9 Å². The lowest BCUT2D eigenvalue weighted by Crippen LogP contribution is -2.21. The first kappa shape index (κ1) is 17.8. The number of anilines is 1. The maximum absolute atomic E-state index is 12.9. The molecule has 0 fully saturated rings. The third-order valence-electron chi connectivity index (χ3n) is 3.70. The Morgan fingerprint density at radius 2 is 1.96 bits per heavy atom. The number of carbonyl (C=O) groups excluding carboxylic acids is 1. The summed E-state index contributed by atoms with van der Waals surface area (Å²) in [5.74, 6) is -0.0477. The van der Waals surface area contributed by atoms with Crippen LogP contribution in [0.4, 0.5) is 18.9 Å². The second kappa shape index (κ2) is 6.54. The van der Waals surface area contributed by atoms with Crippen molar-refractivity contribution in [3.05, 3.63) is 40.7 Å². The molecule has 0 spiro atoms. The van der Waals surface area contributed by atoms with Crippen LogP contribution in [0.1, 0.15) is 22.5 Å². The van der Waals surface area contributed by atoms with Crippen molar-refractivity contribution >= 4 is 11.6 Å². The van der Waals surface area contributed by atoms with Gasteiger partial charge in [0.05, 0.1) is 11.3 Å². The number of hydrogen-bond donors (Lipinski definition) is 1. The Morgan fingerprint density at radius 3 is 2.50 bits per heavy atom. The van der Waals surface area contributed by atoms with Gasteiger partial charge in [-0.25, -0.2) is 0 Å². The van der Waals surface area contributed by atoms with Crippen LogP contribution >= 0.6 is 0 Å². The number of aromatic nitrogens is 2. The highest BCUT2D eigenvalue weighted by atomic mass is 19.4. The standard InChI is InChI=1S/C16H18F3N3O2/c1-9-12(16(17,18)19)6-5-7-13(9)20-14(23)8-24-15-10(2)21-22(4)11(15)3/h5-7H,8H2,1-4H3,(H,20,23). The Hall–Kier alpha value is -2.51. The van der Waals surface area contributed by atoms with E-state index < -0.39 is 17.6 Å². The first-order valence-electron chi connectivity index (χ1n) is 7.21. The van der Waals surface area contributed by atoms with Gasteiger partial charge < -0.3 is 10.1 Å². The summed E-state index contributed by atoms with van der Waals surface area (Å²) in [5.41, 5.74) is 0.693. The summed E-state index contributed by atoms with van der Waals surface area (Å²) >= 11 is 0. The molecule has 1 N–H and O–H groups in total. The van der Waals surface area contributed by atoms with Crippen LogP contribution in [0.2, 0.25) is 0 Å². The maximum Gasteiger partial charge on any atom is 0.416 e. The van der Waals surface area contributed by atoms with Gasteiger partial charge in [-0.15, -0.1) is 0 Å². The third-order valence-corrected chi connectivity index (χ3v) is 3.70. The van der Waals surface area contributed by atoms with Gasteiger partial charge in [0.2, 0.25) is 0 Å². The van der Waals surface area contributed by atoms with Crippen molar-refractivity contribution in [2.24, 2.45) is 7.05 Å². The average Bonchev–Trinajstić information content (AvgIpc) is 2.71. The van der Waals surface area contributed by atoms with Crippen LogP contribution in [0.25, 0.3) is 0 Å². The number of ether oxygens (including phenoxy) is 1. The summed E-state index contributed by atoms with van der Waals surface area (Å²) in [6.45, 7) is 4.54. The number of hydrogen-bond acceptors (Lipinski definition) is 3. The molecule has 0 radical (unpaired) electrons. The Labute approximate surface area is 137 Å². The summed E-state index contributed by atoms with van der Waals surface area (Å²) in [7, 11) is 1.75. The molecule has 0 bridgehead atoms. The number of nitrogens with zero attached hydrogens (tertiary/aromatic N) is 2. The Balaban J connectivity index is 2.08. The van der Waals surface area contributed by atoms with E-state index in [0.29, 0.717) is 11.4 Å². The summed E-state index contributed by atoms with van der Waals surface area (Å²) in [4.78, 5) is 12.0. The van der Waals surface area contributed by atoms with E-state index in [0.717, 1.165) is 11.8 Å². The number of nitrogens with one attached hydrogen (secondary N) is 1. The average molecular weight is 341 g/mol. The molecule has 0 saturated heterocycles. The molecule has 0 aliphatic rings. The molecule has 0 saturated carbocycles. The minimum Gasteiger partial charge on any atom is -0.480 e. The second-order valence-electron chi connectivity index (χ2n) is 5.44. The molecule has 1 aromatic heterocycles. The van der Waals surface area contributed by atoms with Crippen LogP contribution in [0.3, 0.4) is 0 Å². The van der Waals surface area contributed by atoms with E-state index in [9.17, 15) is 18.0 Å². The quantitative estimate of drug-likeness (QED) is 0.927. The largest absolute Gasteiger partial charge is 0.480 e. The van der Waals surface area contributed by atoms with Crippen LogP contribution in [-0.2, 0) is 18.0 Å².